The number of rotatable bonds is 29. The van der Waals surface area contributed by atoms with Gasteiger partial charge in [-0.2, -0.15) is 0 Å². The summed E-state index contributed by atoms with van der Waals surface area (Å²) in [6.07, 6.45) is 42.8. The summed E-state index contributed by atoms with van der Waals surface area (Å²) in [7, 11) is 0. The van der Waals surface area contributed by atoms with Gasteiger partial charge in [-0.3, -0.25) is 0 Å². The van der Waals surface area contributed by atoms with Crippen LogP contribution in [-0.4, -0.2) is 11.9 Å². The Kier molecular flexibility index (Phi) is 31.8. The van der Waals surface area contributed by atoms with Crippen molar-refractivity contribution in [3.05, 3.63) is 36.5 Å². The number of carbonyl (C=O) groups excluding carboxylic acids is 2. The average molecular weight is 561 g/mol. The van der Waals surface area contributed by atoms with Crippen LogP contribution in [0.4, 0.5) is 0 Å². The maximum Gasteiger partial charge on any atom is 0.355 e. The Labute approximate surface area is 248 Å². The molecule has 4 nitrogen and oxygen atoms in total. The quantitative estimate of drug-likeness (QED) is 0.0395. The number of carbonyl (C=O) groups is 2. The van der Waals surface area contributed by atoms with Crippen LogP contribution in [0.1, 0.15) is 181 Å². The molecular formula is C36H64O4. The van der Waals surface area contributed by atoms with Crippen molar-refractivity contribution in [2.24, 2.45) is 0 Å². The Balaban J connectivity index is 3.39. The lowest BCUT2D eigenvalue weighted by Gasteiger charge is -2.04. The molecule has 0 atom stereocenters. The van der Waals surface area contributed by atoms with Gasteiger partial charge in [0.1, 0.15) is 0 Å². The second-order valence-electron chi connectivity index (χ2n) is 11.2. The first-order valence-electron chi connectivity index (χ1n) is 17.1. The SMILES string of the molecule is CCCCC/C=C\C/C=C\CCCCCCCC(=O)OOC(=O)CCCCCCC/C=C\CCCCCCCC. The van der Waals surface area contributed by atoms with Gasteiger partial charge in [0.05, 0.1) is 12.8 Å². The van der Waals surface area contributed by atoms with E-state index in [-0.39, 0.29) is 0 Å². The zero-order chi connectivity index (χ0) is 29.2. The van der Waals surface area contributed by atoms with E-state index in [4.69, 9.17) is 0 Å². The van der Waals surface area contributed by atoms with Gasteiger partial charge in [0.15, 0.2) is 0 Å². The number of hydrogen-bond donors (Lipinski definition) is 0. The van der Waals surface area contributed by atoms with Crippen molar-refractivity contribution in [3.8, 4) is 0 Å². The van der Waals surface area contributed by atoms with Crippen molar-refractivity contribution in [2.45, 2.75) is 181 Å². The topological polar surface area (TPSA) is 52.6 Å². The third kappa shape index (κ3) is 32.4. The molecule has 0 saturated carbocycles. The van der Waals surface area contributed by atoms with Crippen LogP contribution < -0.4 is 0 Å². The highest BCUT2D eigenvalue weighted by Crippen LogP contribution is 2.11. The predicted molar refractivity (Wildman–Crippen MR) is 171 cm³/mol. The van der Waals surface area contributed by atoms with Crippen molar-refractivity contribution < 1.29 is 19.4 Å². The van der Waals surface area contributed by atoms with E-state index in [1.807, 2.05) is 0 Å². The minimum Gasteiger partial charge on any atom is -0.247 e. The Morgan fingerprint density at radius 3 is 1.12 bits per heavy atom. The molecule has 0 radical (unpaired) electrons. The standard InChI is InChI=1S/C36H64O4/c1-3-5-7-9-11-13-15-17-19-21-23-25-27-29-31-33-35(37)39-40-36(38)34-32-30-28-26-24-22-20-18-16-14-12-10-8-6-4-2/h11,13,17-20H,3-10,12,14-16,21-34H2,1-2H3/b13-11-,19-17-,20-18-. The molecule has 0 amide bonds. The summed E-state index contributed by atoms with van der Waals surface area (Å²) in [5.74, 6) is -0.880. The molecule has 0 aliphatic carbocycles. The fraction of sp³-hybridized carbons (Fsp3) is 0.778. The Morgan fingerprint density at radius 1 is 0.400 bits per heavy atom. The van der Waals surface area contributed by atoms with E-state index in [0.717, 1.165) is 57.8 Å². The minimum atomic E-state index is -0.441. The van der Waals surface area contributed by atoms with Gasteiger partial charge in [-0.05, 0) is 70.6 Å². The van der Waals surface area contributed by atoms with Gasteiger partial charge in [-0.1, -0.05) is 134 Å². The summed E-state index contributed by atoms with van der Waals surface area (Å²) in [4.78, 5) is 32.9. The van der Waals surface area contributed by atoms with Crippen molar-refractivity contribution in [2.75, 3.05) is 0 Å². The molecule has 0 aromatic heterocycles. The molecule has 0 unspecified atom stereocenters. The van der Waals surface area contributed by atoms with Gasteiger partial charge in [-0.15, -0.1) is 0 Å². The third-order valence-electron chi connectivity index (χ3n) is 7.20. The van der Waals surface area contributed by atoms with E-state index in [2.05, 4.69) is 60.1 Å². The van der Waals surface area contributed by atoms with E-state index in [9.17, 15) is 9.59 Å². The fourth-order valence-electron chi connectivity index (χ4n) is 4.60. The molecule has 0 aromatic carbocycles. The highest BCUT2D eigenvalue weighted by molar-refractivity contribution is 5.72. The average Bonchev–Trinajstić information content (AvgIpc) is 2.96. The monoisotopic (exact) mass is 560 g/mol. The maximum atomic E-state index is 11.8. The molecular weight excluding hydrogens is 496 g/mol. The molecule has 0 aromatic rings. The van der Waals surface area contributed by atoms with Gasteiger partial charge in [0, 0.05) is 0 Å². The first-order valence-corrected chi connectivity index (χ1v) is 17.1. The molecule has 0 rings (SSSR count). The lowest BCUT2D eigenvalue weighted by atomic mass is 10.1. The van der Waals surface area contributed by atoms with Gasteiger partial charge in [-0.25, -0.2) is 19.4 Å². The molecule has 0 saturated heterocycles. The summed E-state index contributed by atoms with van der Waals surface area (Å²) < 4.78 is 0. The molecule has 0 aliphatic heterocycles. The van der Waals surface area contributed by atoms with Crippen LogP contribution in [0, 0.1) is 0 Å². The second kappa shape index (κ2) is 33.4. The molecule has 0 bridgehead atoms. The molecule has 4 heteroatoms. The molecule has 0 heterocycles. The Hall–Kier alpha value is -1.84. The first-order chi connectivity index (χ1) is 19.7. The van der Waals surface area contributed by atoms with Crippen LogP contribution in [0.3, 0.4) is 0 Å². The lowest BCUT2D eigenvalue weighted by molar-refractivity contribution is -0.259. The number of allylic oxidation sites excluding steroid dienone is 6. The van der Waals surface area contributed by atoms with Crippen molar-refractivity contribution >= 4 is 11.9 Å². The minimum absolute atomic E-state index is 0.311. The zero-order valence-corrected chi connectivity index (χ0v) is 26.5. The summed E-state index contributed by atoms with van der Waals surface area (Å²) in [5, 5.41) is 0. The molecule has 40 heavy (non-hydrogen) atoms. The predicted octanol–water partition coefficient (Wildman–Crippen LogP) is 11.8. The van der Waals surface area contributed by atoms with Crippen molar-refractivity contribution in [1.82, 2.24) is 0 Å². The lowest BCUT2D eigenvalue weighted by Crippen LogP contribution is -2.11. The van der Waals surface area contributed by atoms with Gasteiger partial charge in [0.2, 0.25) is 0 Å². The van der Waals surface area contributed by atoms with Crippen molar-refractivity contribution in [1.29, 1.82) is 0 Å². The number of unbranched alkanes of at least 4 members (excludes halogenated alkanes) is 19. The Morgan fingerprint density at radius 2 is 0.700 bits per heavy atom. The van der Waals surface area contributed by atoms with E-state index in [0.29, 0.717) is 12.8 Å². The zero-order valence-electron chi connectivity index (χ0n) is 26.5. The number of hydrogen-bond acceptors (Lipinski definition) is 4. The molecule has 0 N–H and O–H groups in total. The normalized spacial score (nSPS) is 11.8. The first kappa shape index (κ1) is 38.2. The smallest absolute Gasteiger partial charge is 0.247 e. The van der Waals surface area contributed by atoms with Crippen LogP contribution in [-0.2, 0) is 19.4 Å². The summed E-state index contributed by atoms with van der Waals surface area (Å²) >= 11 is 0. The van der Waals surface area contributed by atoms with E-state index >= 15 is 0 Å². The van der Waals surface area contributed by atoms with Crippen molar-refractivity contribution in [3.63, 3.8) is 0 Å². The third-order valence-corrected chi connectivity index (χ3v) is 7.20. The van der Waals surface area contributed by atoms with Crippen LogP contribution in [0.15, 0.2) is 36.5 Å². The highest BCUT2D eigenvalue weighted by Gasteiger charge is 2.09. The van der Waals surface area contributed by atoms with Gasteiger partial charge >= 0.3 is 11.9 Å². The largest absolute Gasteiger partial charge is 0.355 e. The Bertz CT molecular complexity index is 635. The van der Waals surface area contributed by atoms with E-state index < -0.39 is 11.9 Å². The molecule has 232 valence electrons. The van der Waals surface area contributed by atoms with Crippen LogP contribution in [0.25, 0.3) is 0 Å². The van der Waals surface area contributed by atoms with Gasteiger partial charge in [0.25, 0.3) is 0 Å². The van der Waals surface area contributed by atoms with Crippen LogP contribution in [0.5, 0.6) is 0 Å². The van der Waals surface area contributed by atoms with Gasteiger partial charge < -0.3 is 0 Å². The van der Waals surface area contributed by atoms with Crippen LogP contribution >= 0.6 is 0 Å². The second-order valence-corrected chi connectivity index (χ2v) is 11.2. The molecule has 0 fully saturated rings. The summed E-state index contributed by atoms with van der Waals surface area (Å²) in [6.45, 7) is 4.50. The molecule has 0 spiro atoms. The highest BCUT2D eigenvalue weighted by atomic mass is 17.2. The summed E-state index contributed by atoms with van der Waals surface area (Å²) in [5.41, 5.74) is 0. The fourth-order valence-corrected chi connectivity index (χ4v) is 4.60. The van der Waals surface area contributed by atoms with E-state index in [1.54, 1.807) is 0 Å². The molecule has 0 aliphatic rings. The van der Waals surface area contributed by atoms with E-state index in [1.165, 1.54) is 96.3 Å². The maximum absolute atomic E-state index is 11.8. The van der Waals surface area contributed by atoms with Crippen LogP contribution in [0.2, 0.25) is 0 Å². The summed E-state index contributed by atoms with van der Waals surface area (Å²) in [6, 6.07) is 0.